The highest BCUT2D eigenvalue weighted by atomic mass is 32.1. The van der Waals surface area contributed by atoms with Crippen LogP contribution in [0.1, 0.15) is 16.9 Å². The molecule has 1 heteroatoms. The molecule has 0 unspecified atom stereocenters. The van der Waals surface area contributed by atoms with Crippen molar-refractivity contribution >= 4 is 27.5 Å². The standard InChI is InChI=1S/C14H10S/c1-2-4-9-13-11(7-3-1)12-8-5-6-10-14(12)15-13/h3,5-8,10H,1,9H2/b7-3-. The minimum absolute atomic E-state index is 0.879. The normalized spacial score (nSPS) is 16.0. The van der Waals surface area contributed by atoms with Gasteiger partial charge in [-0.3, -0.25) is 0 Å². The van der Waals surface area contributed by atoms with Crippen LogP contribution in [-0.4, -0.2) is 0 Å². The lowest BCUT2D eigenvalue weighted by atomic mass is 10.1. The van der Waals surface area contributed by atoms with Gasteiger partial charge in [-0.2, -0.15) is 0 Å². The first-order valence-corrected chi connectivity index (χ1v) is 5.89. The maximum absolute atomic E-state index is 3.21. The van der Waals surface area contributed by atoms with E-state index in [2.05, 4.69) is 48.3 Å². The number of allylic oxidation sites excluding steroid dienone is 1. The molecule has 1 heterocycles. The molecule has 1 aromatic heterocycles. The molecule has 0 N–H and O–H groups in total. The molecule has 3 rings (SSSR count). The van der Waals surface area contributed by atoms with E-state index in [-0.39, 0.29) is 0 Å². The number of rotatable bonds is 0. The molecule has 0 aliphatic heterocycles. The molecular formula is C14H10S. The first-order chi connectivity index (χ1) is 7.45. The number of thiophene rings is 1. The number of hydrogen-bond donors (Lipinski definition) is 0. The van der Waals surface area contributed by atoms with Crippen LogP contribution in [0.2, 0.25) is 0 Å². The van der Waals surface area contributed by atoms with Gasteiger partial charge in [-0.1, -0.05) is 42.2 Å². The van der Waals surface area contributed by atoms with E-state index in [0.29, 0.717) is 0 Å². The van der Waals surface area contributed by atoms with E-state index < -0.39 is 0 Å². The van der Waals surface area contributed by atoms with Gasteiger partial charge in [-0.15, -0.1) is 11.3 Å². The monoisotopic (exact) mass is 210 g/mol. The summed E-state index contributed by atoms with van der Waals surface area (Å²) in [5.74, 6) is 6.36. The van der Waals surface area contributed by atoms with Crippen molar-refractivity contribution in [3.8, 4) is 11.8 Å². The second-order valence-electron chi connectivity index (χ2n) is 3.57. The van der Waals surface area contributed by atoms with Crippen molar-refractivity contribution in [3.05, 3.63) is 40.8 Å². The molecule has 72 valence electrons. The highest BCUT2D eigenvalue weighted by Gasteiger charge is 2.08. The van der Waals surface area contributed by atoms with Crippen molar-refractivity contribution in [1.82, 2.24) is 0 Å². The fourth-order valence-corrected chi connectivity index (χ4v) is 3.01. The summed E-state index contributed by atoms with van der Waals surface area (Å²) in [7, 11) is 0. The Balaban J connectivity index is 2.32. The van der Waals surface area contributed by atoms with Gasteiger partial charge in [-0.05, 0) is 17.0 Å². The lowest BCUT2D eigenvalue weighted by molar-refractivity contribution is 1.36. The van der Waals surface area contributed by atoms with Gasteiger partial charge in [0.2, 0.25) is 0 Å². The Labute approximate surface area is 93.2 Å². The summed E-state index contributed by atoms with van der Waals surface area (Å²) in [5, 5.41) is 1.37. The second-order valence-corrected chi connectivity index (χ2v) is 4.71. The summed E-state index contributed by atoms with van der Waals surface area (Å²) >= 11 is 1.87. The Hall–Kier alpha value is -1.52. The second kappa shape index (κ2) is 3.56. The van der Waals surface area contributed by atoms with Crippen LogP contribution in [0, 0.1) is 11.8 Å². The van der Waals surface area contributed by atoms with Crippen LogP contribution in [0.25, 0.3) is 16.2 Å². The summed E-state index contributed by atoms with van der Waals surface area (Å²) in [4.78, 5) is 1.40. The number of hydrogen-bond acceptors (Lipinski definition) is 1. The maximum atomic E-state index is 3.21. The SMILES string of the molecule is C1#CCc2sc3ccccc3c2/C=C\C1. The minimum atomic E-state index is 0.879. The van der Waals surface area contributed by atoms with Crippen molar-refractivity contribution < 1.29 is 0 Å². The average molecular weight is 210 g/mol. The third-order valence-corrected chi connectivity index (χ3v) is 3.78. The molecule has 0 fully saturated rings. The number of benzene rings is 1. The van der Waals surface area contributed by atoms with E-state index in [1.807, 2.05) is 11.3 Å². The Bertz CT molecular complexity index is 591. The fourth-order valence-electron chi connectivity index (χ4n) is 1.88. The molecule has 15 heavy (non-hydrogen) atoms. The van der Waals surface area contributed by atoms with Gasteiger partial charge in [0.1, 0.15) is 0 Å². The molecule has 0 radical (unpaired) electrons. The Kier molecular flexibility index (Phi) is 2.08. The minimum Gasteiger partial charge on any atom is -0.139 e. The van der Waals surface area contributed by atoms with E-state index in [9.17, 15) is 0 Å². The quantitative estimate of drug-likeness (QED) is 0.579. The predicted molar refractivity (Wildman–Crippen MR) is 67.0 cm³/mol. The molecule has 0 amide bonds. The number of fused-ring (bicyclic) bond motifs is 3. The van der Waals surface area contributed by atoms with Gasteiger partial charge in [-0.25, -0.2) is 0 Å². The fraction of sp³-hybridized carbons (Fsp3) is 0.143. The third-order valence-electron chi connectivity index (χ3n) is 2.59. The summed E-state index contributed by atoms with van der Waals surface area (Å²) in [6.07, 6.45) is 6.16. The molecule has 0 atom stereocenters. The summed E-state index contributed by atoms with van der Waals surface area (Å²) < 4.78 is 1.37. The summed E-state index contributed by atoms with van der Waals surface area (Å²) in [6, 6.07) is 8.59. The van der Waals surface area contributed by atoms with E-state index in [1.54, 1.807) is 0 Å². The molecular weight excluding hydrogens is 200 g/mol. The Morgan fingerprint density at radius 2 is 2.07 bits per heavy atom. The van der Waals surface area contributed by atoms with Gasteiger partial charge >= 0.3 is 0 Å². The smallest absolute Gasteiger partial charge is 0.0441 e. The highest BCUT2D eigenvalue weighted by molar-refractivity contribution is 7.19. The Morgan fingerprint density at radius 1 is 1.13 bits per heavy atom. The van der Waals surface area contributed by atoms with Crippen LogP contribution in [0.3, 0.4) is 0 Å². The van der Waals surface area contributed by atoms with Gasteiger partial charge in [0.15, 0.2) is 0 Å². The van der Waals surface area contributed by atoms with E-state index in [4.69, 9.17) is 0 Å². The molecule has 0 nitrogen and oxygen atoms in total. The Morgan fingerprint density at radius 3 is 3.07 bits per heavy atom. The van der Waals surface area contributed by atoms with Gasteiger partial charge in [0, 0.05) is 22.4 Å². The molecule has 1 aliphatic rings. The van der Waals surface area contributed by atoms with Crippen LogP contribution in [-0.2, 0) is 6.42 Å². The molecule has 0 spiro atoms. The molecule has 0 saturated heterocycles. The highest BCUT2D eigenvalue weighted by Crippen LogP contribution is 2.32. The van der Waals surface area contributed by atoms with Gasteiger partial charge in [0.25, 0.3) is 0 Å². The van der Waals surface area contributed by atoms with E-state index >= 15 is 0 Å². The lowest BCUT2D eigenvalue weighted by Crippen LogP contribution is -1.82. The van der Waals surface area contributed by atoms with Gasteiger partial charge in [0.05, 0.1) is 0 Å². The molecule has 1 aromatic carbocycles. The van der Waals surface area contributed by atoms with E-state index in [0.717, 1.165) is 12.8 Å². The predicted octanol–water partition coefficient (Wildman–Crippen LogP) is 3.86. The summed E-state index contributed by atoms with van der Waals surface area (Å²) in [5.41, 5.74) is 1.38. The first kappa shape index (κ1) is 8.76. The zero-order valence-electron chi connectivity index (χ0n) is 8.29. The van der Waals surface area contributed by atoms with Crippen LogP contribution >= 0.6 is 11.3 Å². The molecule has 1 aliphatic carbocycles. The topological polar surface area (TPSA) is 0 Å². The maximum Gasteiger partial charge on any atom is 0.0441 e. The molecule has 2 aromatic rings. The van der Waals surface area contributed by atoms with Crippen LogP contribution in [0.5, 0.6) is 0 Å². The van der Waals surface area contributed by atoms with Crippen LogP contribution in [0.15, 0.2) is 30.3 Å². The van der Waals surface area contributed by atoms with E-state index in [1.165, 1.54) is 20.5 Å². The lowest BCUT2D eigenvalue weighted by Gasteiger charge is -1.96. The average Bonchev–Trinajstić information content (AvgIpc) is 2.55. The molecule has 0 saturated carbocycles. The zero-order chi connectivity index (χ0) is 10.1. The van der Waals surface area contributed by atoms with Crippen molar-refractivity contribution in [1.29, 1.82) is 0 Å². The van der Waals surface area contributed by atoms with Crippen molar-refractivity contribution in [2.24, 2.45) is 0 Å². The van der Waals surface area contributed by atoms with Crippen molar-refractivity contribution in [3.63, 3.8) is 0 Å². The van der Waals surface area contributed by atoms with Crippen LogP contribution < -0.4 is 0 Å². The van der Waals surface area contributed by atoms with Crippen LogP contribution in [0.4, 0.5) is 0 Å². The summed E-state index contributed by atoms with van der Waals surface area (Å²) in [6.45, 7) is 0. The largest absolute Gasteiger partial charge is 0.139 e. The first-order valence-electron chi connectivity index (χ1n) is 5.08. The van der Waals surface area contributed by atoms with Gasteiger partial charge < -0.3 is 0 Å². The zero-order valence-corrected chi connectivity index (χ0v) is 9.10. The third kappa shape index (κ3) is 1.48. The van der Waals surface area contributed by atoms with Crippen molar-refractivity contribution in [2.45, 2.75) is 12.8 Å². The van der Waals surface area contributed by atoms with Crippen molar-refractivity contribution in [2.75, 3.05) is 0 Å². The molecule has 0 bridgehead atoms.